The highest BCUT2D eigenvalue weighted by atomic mass is 32.2. The summed E-state index contributed by atoms with van der Waals surface area (Å²) >= 11 is 0. The number of hydrogen-bond acceptors (Lipinski definition) is 7. The number of nitrogens with zero attached hydrogens (tertiary/aromatic N) is 2. The van der Waals surface area contributed by atoms with E-state index in [1.165, 1.54) is 6.07 Å². The minimum absolute atomic E-state index is 0.138. The molecule has 2 aliphatic heterocycles. The number of likely N-dealkylation sites (tertiary alicyclic amines) is 1. The summed E-state index contributed by atoms with van der Waals surface area (Å²) in [7, 11) is -3.74. The smallest absolute Gasteiger partial charge is 0.321 e. The highest BCUT2D eigenvalue weighted by Crippen LogP contribution is 2.29. The minimum Gasteiger partial charge on any atom is -0.455 e. The molecule has 1 fully saturated rings. The number of urea groups is 1. The fourth-order valence-electron chi connectivity index (χ4n) is 3.39. The van der Waals surface area contributed by atoms with E-state index in [1.54, 1.807) is 36.9 Å². The van der Waals surface area contributed by atoms with Crippen LogP contribution in [0, 0.1) is 5.92 Å². The molecule has 1 saturated heterocycles. The third-order valence-corrected chi connectivity index (χ3v) is 6.01. The number of carbonyl (C=O) groups excluding carboxylic acids is 3. The molecule has 0 bridgehead atoms. The number of amides is 3. The lowest BCUT2D eigenvalue weighted by Gasteiger charge is -2.32. The zero-order valence-electron chi connectivity index (χ0n) is 16.8. The lowest BCUT2D eigenvalue weighted by atomic mass is 9.97. The van der Waals surface area contributed by atoms with Crippen molar-refractivity contribution in [3.05, 3.63) is 29.8 Å². The molecule has 1 atom stereocenters. The van der Waals surface area contributed by atoms with Crippen molar-refractivity contribution >= 4 is 33.8 Å². The van der Waals surface area contributed by atoms with E-state index in [2.05, 4.69) is 15.0 Å². The summed E-state index contributed by atoms with van der Waals surface area (Å²) in [5.74, 6) is -1.51. The van der Waals surface area contributed by atoms with E-state index < -0.39 is 40.5 Å². The maximum atomic E-state index is 12.4. The lowest BCUT2D eigenvalue weighted by Crippen LogP contribution is -2.45. The van der Waals surface area contributed by atoms with Gasteiger partial charge in [0.2, 0.25) is 0 Å². The summed E-state index contributed by atoms with van der Waals surface area (Å²) in [4.78, 5) is 37.6. The molecular formula is C19H24N4O6S. The quantitative estimate of drug-likeness (QED) is 0.661. The fraction of sp³-hybridized carbons (Fsp3) is 0.474. The first-order chi connectivity index (χ1) is 14.2. The number of carbonyl (C=O) groups is 3. The average molecular weight is 436 g/mol. The monoisotopic (exact) mass is 436 g/mol. The largest absolute Gasteiger partial charge is 0.455 e. The van der Waals surface area contributed by atoms with Crippen molar-refractivity contribution in [2.24, 2.45) is 10.3 Å². The molecule has 3 rings (SSSR count). The summed E-state index contributed by atoms with van der Waals surface area (Å²) in [6.45, 7) is 3.71. The van der Waals surface area contributed by atoms with Crippen LogP contribution in [0.4, 0.5) is 4.79 Å². The molecule has 0 spiro atoms. The predicted molar refractivity (Wildman–Crippen MR) is 107 cm³/mol. The summed E-state index contributed by atoms with van der Waals surface area (Å²) in [6, 6.07) is 5.77. The zero-order chi connectivity index (χ0) is 21.9. The third-order valence-electron chi connectivity index (χ3n) is 4.69. The number of piperidine rings is 1. The Hall–Kier alpha value is -2.95. The van der Waals surface area contributed by atoms with Gasteiger partial charge in [0.25, 0.3) is 15.9 Å². The van der Waals surface area contributed by atoms with E-state index in [0.717, 1.165) is 0 Å². The predicted octanol–water partition coefficient (Wildman–Crippen LogP) is 0.625. The maximum absolute atomic E-state index is 12.4. The van der Waals surface area contributed by atoms with Crippen molar-refractivity contribution in [2.75, 3.05) is 19.7 Å². The van der Waals surface area contributed by atoms with Crippen LogP contribution in [0.15, 0.2) is 33.6 Å². The van der Waals surface area contributed by atoms with Gasteiger partial charge in [-0.15, -0.1) is 4.40 Å². The van der Waals surface area contributed by atoms with Crippen LogP contribution in [0.25, 0.3) is 0 Å². The molecule has 162 valence electrons. The first-order valence-corrected chi connectivity index (χ1v) is 11.1. The van der Waals surface area contributed by atoms with Gasteiger partial charge in [0.1, 0.15) is 4.90 Å². The molecule has 3 amide bonds. The first-order valence-electron chi connectivity index (χ1n) is 9.63. The van der Waals surface area contributed by atoms with Gasteiger partial charge in [0.05, 0.1) is 5.92 Å². The van der Waals surface area contributed by atoms with Crippen LogP contribution in [0.5, 0.6) is 0 Å². The van der Waals surface area contributed by atoms with Crippen molar-refractivity contribution in [2.45, 2.75) is 37.6 Å². The van der Waals surface area contributed by atoms with Gasteiger partial charge in [0.15, 0.2) is 12.4 Å². The van der Waals surface area contributed by atoms with Crippen LogP contribution >= 0.6 is 0 Å². The Morgan fingerprint density at radius 2 is 2.00 bits per heavy atom. The molecule has 0 saturated carbocycles. The highest BCUT2D eigenvalue weighted by Gasteiger charge is 2.35. The van der Waals surface area contributed by atoms with Gasteiger partial charge in [-0.3, -0.25) is 14.9 Å². The molecule has 1 aromatic carbocycles. The third kappa shape index (κ3) is 4.96. The molecule has 2 aliphatic rings. The molecule has 0 aliphatic carbocycles. The van der Waals surface area contributed by atoms with Crippen LogP contribution in [0.2, 0.25) is 0 Å². The standard InChI is InChI=1S/C19H24N4O6S/c1-12(2)20-19(26)21-16(24)11-29-18(25)13-6-5-9-23(10-13)17-14-7-3-4-8-15(14)30(27,28)22-17/h3-4,7-8,12-13H,5-6,9-11H2,1-2H3,(H2,20,21,24,26). The number of ether oxygens (including phenoxy) is 1. The molecule has 0 radical (unpaired) electrons. The SMILES string of the molecule is CC(C)NC(=O)NC(=O)COC(=O)C1CCCN(C2=NS(=O)(=O)c3ccccc32)C1. The van der Waals surface area contributed by atoms with Gasteiger partial charge in [0, 0.05) is 24.7 Å². The Morgan fingerprint density at radius 1 is 1.27 bits per heavy atom. The fourth-order valence-corrected chi connectivity index (χ4v) is 4.62. The van der Waals surface area contributed by atoms with Gasteiger partial charge in [-0.2, -0.15) is 8.42 Å². The number of sulfonamides is 1. The maximum Gasteiger partial charge on any atom is 0.321 e. The molecule has 1 unspecified atom stereocenters. The second-order valence-corrected chi connectivity index (χ2v) is 9.03. The van der Waals surface area contributed by atoms with Gasteiger partial charge in [-0.25, -0.2) is 4.79 Å². The topological polar surface area (TPSA) is 134 Å². The van der Waals surface area contributed by atoms with Gasteiger partial charge in [-0.1, -0.05) is 12.1 Å². The van der Waals surface area contributed by atoms with Crippen LogP contribution in [0.1, 0.15) is 32.3 Å². The molecular weight excluding hydrogens is 412 g/mol. The number of hydrogen-bond donors (Lipinski definition) is 2. The van der Waals surface area contributed by atoms with Crippen molar-refractivity contribution < 1.29 is 27.5 Å². The number of benzene rings is 1. The molecule has 1 aromatic rings. The second kappa shape index (κ2) is 8.82. The second-order valence-electron chi connectivity index (χ2n) is 7.46. The molecule has 2 heterocycles. The van der Waals surface area contributed by atoms with E-state index >= 15 is 0 Å². The molecule has 10 nitrogen and oxygen atoms in total. The lowest BCUT2D eigenvalue weighted by molar-refractivity contribution is -0.153. The van der Waals surface area contributed by atoms with Crippen LogP contribution < -0.4 is 10.6 Å². The van der Waals surface area contributed by atoms with Gasteiger partial charge >= 0.3 is 12.0 Å². The minimum atomic E-state index is -3.74. The number of fused-ring (bicyclic) bond motifs is 1. The van der Waals surface area contributed by atoms with Crippen LogP contribution in [0.3, 0.4) is 0 Å². The Morgan fingerprint density at radius 3 is 2.73 bits per heavy atom. The van der Waals surface area contributed by atoms with Gasteiger partial charge in [-0.05, 0) is 38.8 Å². The number of imide groups is 1. The Bertz CT molecular complexity index is 988. The van der Waals surface area contributed by atoms with Crippen molar-refractivity contribution in [1.29, 1.82) is 0 Å². The molecule has 30 heavy (non-hydrogen) atoms. The number of esters is 1. The van der Waals surface area contributed by atoms with Crippen molar-refractivity contribution in [1.82, 2.24) is 15.5 Å². The van der Waals surface area contributed by atoms with E-state index in [-0.39, 0.29) is 17.5 Å². The average Bonchev–Trinajstić information content (AvgIpc) is 2.97. The summed E-state index contributed by atoms with van der Waals surface area (Å²) in [5, 5.41) is 4.58. The Labute approximate surface area is 174 Å². The molecule has 2 N–H and O–H groups in total. The number of rotatable bonds is 4. The highest BCUT2D eigenvalue weighted by molar-refractivity contribution is 7.90. The number of nitrogens with one attached hydrogen (secondary N) is 2. The van der Waals surface area contributed by atoms with Gasteiger partial charge < -0.3 is 15.0 Å². The Balaban J connectivity index is 1.58. The van der Waals surface area contributed by atoms with Crippen LogP contribution in [-0.4, -0.2) is 62.8 Å². The number of amidine groups is 1. The van der Waals surface area contributed by atoms with E-state index in [1.807, 2.05) is 0 Å². The summed E-state index contributed by atoms with van der Waals surface area (Å²) < 4.78 is 33.5. The normalized spacial score (nSPS) is 19.6. The Kier molecular flexibility index (Phi) is 6.40. The molecule has 11 heteroatoms. The van der Waals surface area contributed by atoms with E-state index in [4.69, 9.17) is 4.74 Å². The van der Waals surface area contributed by atoms with Crippen molar-refractivity contribution in [3.8, 4) is 0 Å². The van der Waals surface area contributed by atoms with Crippen LogP contribution in [-0.2, 0) is 24.3 Å². The molecule has 0 aromatic heterocycles. The summed E-state index contributed by atoms with van der Waals surface area (Å²) in [6.07, 6.45) is 1.19. The summed E-state index contributed by atoms with van der Waals surface area (Å²) in [5.41, 5.74) is 0.516. The van der Waals surface area contributed by atoms with E-state index in [0.29, 0.717) is 30.8 Å². The van der Waals surface area contributed by atoms with Crippen molar-refractivity contribution in [3.63, 3.8) is 0 Å². The van der Waals surface area contributed by atoms with E-state index in [9.17, 15) is 22.8 Å². The zero-order valence-corrected chi connectivity index (χ0v) is 17.6. The first kappa shape index (κ1) is 21.8.